The van der Waals surface area contributed by atoms with Gasteiger partial charge in [-0.2, -0.15) is 0 Å². The Balaban J connectivity index is 0.00000264. The van der Waals surface area contributed by atoms with Crippen LogP contribution in [0.2, 0.25) is 0 Å². The van der Waals surface area contributed by atoms with Gasteiger partial charge in [-0.3, -0.25) is 0 Å². The van der Waals surface area contributed by atoms with Crippen LogP contribution in [0, 0.1) is 5.92 Å². The van der Waals surface area contributed by atoms with E-state index in [9.17, 15) is 9.59 Å². The maximum atomic E-state index is 12.5. The maximum Gasteiger partial charge on any atom is -1.00 e. The molecule has 0 aromatic heterocycles. The summed E-state index contributed by atoms with van der Waals surface area (Å²) in [7, 11) is 0. The SMILES string of the molecule is CCC1Oc2c([CH]=[Ru+2])cccc2N(C(=O)OCC(C)C)C1=O.[Cl-].[Cl-]. The molecule has 1 aliphatic heterocycles. The van der Waals surface area contributed by atoms with Gasteiger partial charge >= 0.3 is 139 Å². The largest absolute Gasteiger partial charge is 1.00 e. The van der Waals surface area contributed by atoms with Crippen molar-refractivity contribution in [2.24, 2.45) is 5.92 Å². The van der Waals surface area contributed by atoms with Gasteiger partial charge in [-0.1, -0.05) is 0 Å². The van der Waals surface area contributed by atoms with E-state index in [0.717, 1.165) is 10.5 Å². The first-order valence-corrected chi connectivity index (χ1v) is 8.22. The summed E-state index contributed by atoms with van der Waals surface area (Å²) in [5, 5.41) is 0. The molecule has 1 aliphatic rings. The van der Waals surface area contributed by atoms with Gasteiger partial charge in [0.2, 0.25) is 0 Å². The van der Waals surface area contributed by atoms with Gasteiger partial charge in [0.1, 0.15) is 0 Å². The van der Waals surface area contributed by atoms with E-state index in [2.05, 4.69) is 17.9 Å². The normalized spacial score (nSPS) is 15.6. The second kappa shape index (κ2) is 10.1. The third-order valence-electron chi connectivity index (χ3n) is 3.23. The van der Waals surface area contributed by atoms with E-state index in [1.165, 1.54) is 0 Å². The molecule has 8 heteroatoms. The molecule has 24 heavy (non-hydrogen) atoms. The monoisotopic (exact) mass is 461 g/mol. The number of hydrogen-bond donors (Lipinski definition) is 0. The third kappa shape index (κ3) is 4.78. The zero-order chi connectivity index (χ0) is 16.3. The third-order valence-corrected chi connectivity index (χ3v) is 3.77. The van der Waals surface area contributed by atoms with Gasteiger partial charge in [-0.25, -0.2) is 0 Å². The molecule has 1 atom stereocenters. The first-order valence-electron chi connectivity index (χ1n) is 7.22. The van der Waals surface area contributed by atoms with Gasteiger partial charge < -0.3 is 24.8 Å². The summed E-state index contributed by atoms with van der Waals surface area (Å²) in [5.41, 5.74) is 1.25. The minimum absolute atomic E-state index is 0. The molecule has 0 saturated heterocycles. The van der Waals surface area contributed by atoms with Gasteiger partial charge in [0.15, 0.2) is 0 Å². The molecule has 0 aliphatic carbocycles. The zero-order valence-corrected chi connectivity index (χ0v) is 16.8. The molecule has 0 saturated carbocycles. The van der Waals surface area contributed by atoms with Crippen molar-refractivity contribution in [3.05, 3.63) is 23.8 Å². The summed E-state index contributed by atoms with van der Waals surface area (Å²) < 4.78 is 12.8. The number of anilines is 1. The van der Waals surface area contributed by atoms with E-state index in [0.29, 0.717) is 17.9 Å². The fourth-order valence-electron chi connectivity index (χ4n) is 2.13. The smallest absolute Gasteiger partial charge is 1.00 e. The number of rotatable bonds is 4. The van der Waals surface area contributed by atoms with Crippen molar-refractivity contribution in [1.29, 1.82) is 0 Å². The molecule has 0 bridgehead atoms. The Labute approximate surface area is 164 Å². The second-order valence-electron chi connectivity index (χ2n) is 5.46. The number of benzene rings is 1. The van der Waals surface area contributed by atoms with Gasteiger partial charge in [-0.15, -0.1) is 0 Å². The summed E-state index contributed by atoms with van der Waals surface area (Å²) in [6, 6.07) is 5.34. The Morgan fingerprint density at radius 1 is 1.42 bits per heavy atom. The van der Waals surface area contributed by atoms with Crippen LogP contribution in [0.4, 0.5) is 10.5 Å². The summed E-state index contributed by atoms with van der Waals surface area (Å²) >= 11 is 2.41. The molecule has 2 rings (SSSR count). The molecule has 134 valence electrons. The molecule has 5 nitrogen and oxygen atoms in total. The fourth-order valence-corrected chi connectivity index (χ4v) is 2.53. The Morgan fingerprint density at radius 3 is 2.62 bits per heavy atom. The fraction of sp³-hybridized carbons (Fsp3) is 0.438. The number of halogens is 2. The van der Waals surface area contributed by atoms with E-state index in [1.54, 1.807) is 12.1 Å². The molecular weight excluding hydrogens is 442 g/mol. The number of carbonyl (C=O) groups excluding carboxylic acids is 2. The number of amides is 2. The first kappa shape index (κ1) is 23.0. The van der Waals surface area contributed by atoms with Crippen LogP contribution in [0.3, 0.4) is 0 Å². The van der Waals surface area contributed by atoms with Gasteiger partial charge in [0, 0.05) is 0 Å². The molecule has 1 heterocycles. The van der Waals surface area contributed by atoms with E-state index in [1.807, 2.05) is 31.4 Å². The second-order valence-corrected chi connectivity index (χ2v) is 5.96. The summed E-state index contributed by atoms with van der Waals surface area (Å²) in [4.78, 5) is 25.9. The Hall–Kier alpha value is -0.967. The van der Waals surface area contributed by atoms with Crippen molar-refractivity contribution in [1.82, 2.24) is 0 Å². The van der Waals surface area contributed by atoms with Crippen LogP contribution < -0.4 is 34.5 Å². The molecule has 0 radical (unpaired) electrons. The number of hydrogen-bond acceptors (Lipinski definition) is 4. The van der Waals surface area contributed by atoms with Crippen molar-refractivity contribution in [2.45, 2.75) is 33.3 Å². The number of ether oxygens (including phenoxy) is 2. The molecule has 0 fully saturated rings. The number of nitrogens with zero attached hydrogens (tertiary/aromatic N) is 1. The van der Waals surface area contributed by atoms with Crippen LogP contribution in [-0.4, -0.2) is 29.3 Å². The van der Waals surface area contributed by atoms with Crippen LogP contribution in [0.25, 0.3) is 0 Å². The van der Waals surface area contributed by atoms with Crippen molar-refractivity contribution in [3.8, 4) is 5.75 Å². The number of fused-ring (bicyclic) bond motifs is 1. The first-order chi connectivity index (χ1) is 10.5. The average Bonchev–Trinajstić information content (AvgIpc) is 2.51. The Kier molecular flexibility index (Phi) is 9.71. The molecule has 1 aromatic carbocycles. The maximum absolute atomic E-state index is 12.5. The Morgan fingerprint density at radius 2 is 2.08 bits per heavy atom. The number of para-hydroxylation sites is 1. The molecule has 0 spiro atoms. The topological polar surface area (TPSA) is 55.8 Å². The summed E-state index contributed by atoms with van der Waals surface area (Å²) in [6.45, 7) is 6.00. The summed E-state index contributed by atoms with van der Waals surface area (Å²) in [5.74, 6) is 0.355. The standard InChI is InChI=1S/C16H19NO4.2ClH.Ru/c1-5-13-15(18)17(16(19)20-9-10(2)3)12-8-6-7-11(4)14(12)21-13;;;/h4,6-8,10,13H,5,9H2,1-3H3;2*1H;/q;;;+2/p-2. The van der Waals surface area contributed by atoms with E-state index in [4.69, 9.17) is 9.47 Å². The molecule has 1 aromatic rings. The van der Waals surface area contributed by atoms with Crippen molar-refractivity contribution >= 4 is 22.3 Å². The van der Waals surface area contributed by atoms with Gasteiger partial charge in [0.05, 0.1) is 0 Å². The van der Waals surface area contributed by atoms with Crippen LogP contribution in [-0.2, 0) is 27.4 Å². The number of carbonyl (C=O) groups is 2. The quantitative estimate of drug-likeness (QED) is 0.441. The van der Waals surface area contributed by atoms with Crippen LogP contribution in [0.15, 0.2) is 18.2 Å². The minimum Gasteiger partial charge on any atom is -1.00 e. The average molecular weight is 461 g/mol. The van der Waals surface area contributed by atoms with Gasteiger partial charge in [0.25, 0.3) is 0 Å². The van der Waals surface area contributed by atoms with Gasteiger partial charge in [-0.05, 0) is 0 Å². The molecule has 0 N–H and O–H groups in total. The van der Waals surface area contributed by atoms with E-state index >= 15 is 0 Å². The van der Waals surface area contributed by atoms with Crippen LogP contribution >= 0.6 is 0 Å². The molecule has 1 unspecified atom stereocenters. The number of imide groups is 1. The van der Waals surface area contributed by atoms with Crippen LogP contribution in [0.5, 0.6) is 5.75 Å². The zero-order valence-electron chi connectivity index (χ0n) is 13.6. The molecule has 2 amide bonds. The van der Waals surface area contributed by atoms with Crippen molar-refractivity contribution < 1.29 is 61.7 Å². The minimum atomic E-state index is -0.674. The predicted molar refractivity (Wildman–Crippen MR) is 80.0 cm³/mol. The van der Waals surface area contributed by atoms with Crippen molar-refractivity contribution in [2.75, 3.05) is 11.5 Å². The molecular formula is C16H19Cl2NO4Ru. The van der Waals surface area contributed by atoms with E-state index < -0.39 is 12.2 Å². The van der Waals surface area contributed by atoms with E-state index in [-0.39, 0.29) is 43.2 Å². The van der Waals surface area contributed by atoms with Crippen LogP contribution in [0.1, 0.15) is 32.8 Å². The summed E-state index contributed by atoms with van der Waals surface area (Å²) in [6.07, 6.45) is -0.839. The van der Waals surface area contributed by atoms with Crippen molar-refractivity contribution in [3.63, 3.8) is 0 Å². The Bertz CT molecular complexity index is 610. The predicted octanol–water partition coefficient (Wildman–Crippen LogP) is -3.31.